The van der Waals surface area contributed by atoms with Crippen molar-refractivity contribution in [1.29, 1.82) is 0 Å². The van der Waals surface area contributed by atoms with Crippen LogP contribution in [0.2, 0.25) is 0 Å². The second-order valence-electron chi connectivity index (χ2n) is 5.48. The Labute approximate surface area is 141 Å². The summed E-state index contributed by atoms with van der Waals surface area (Å²) in [6.07, 6.45) is 3.90. The summed E-state index contributed by atoms with van der Waals surface area (Å²) < 4.78 is 6.83. The molecule has 2 rings (SSSR count). The molecule has 0 saturated carbocycles. The van der Waals surface area contributed by atoms with Crippen LogP contribution in [-0.2, 0) is 18.4 Å². The van der Waals surface area contributed by atoms with E-state index in [0.717, 1.165) is 17.5 Å². The maximum Gasteiger partial charge on any atom is 0.407 e. The van der Waals surface area contributed by atoms with Gasteiger partial charge in [-0.1, -0.05) is 30.3 Å². The van der Waals surface area contributed by atoms with Crippen molar-refractivity contribution in [3.63, 3.8) is 0 Å². The fraction of sp³-hybridized carbons (Fsp3) is 0.412. The van der Waals surface area contributed by atoms with E-state index in [1.165, 1.54) is 0 Å². The maximum atomic E-state index is 11.6. The van der Waals surface area contributed by atoms with Crippen LogP contribution in [0.25, 0.3) is 0 Å². The lowest BCUT2D eigenvalue weighted by Gasteiger charge is -2.14. The highest BCUT2D eigenvalue weighted by atomic mass is 16.5. The van der Waals surface area contributed by atoms with Crippen LogP contribution in [0.15, 0.2) is 42.7 Å². The third-order valence-corrected chi connectivity index (χ3v) is 3.54. The fourth-order valence-electron chi connectivity index (χ4n) is 2.24. The molecule has 0 bridgehead atoms. The van der Waals surface area contributed by atoms with Gasteiger partial charge in [0.1, 0.15) is 6.61 Å². The number of aromatic nitrogens is 2. The first kappa shape index (κ1) is 18.0. The number of nitrogens with one attached hydrogen (secondary N) is 2. The minimum atomic E-state index is -0.426. The van der Waals surface area contributed by atoms with Crippen LogP contribution in [0, 0.1) is 0 Å². The van der Waals surface area contributed by atoms with E-state index in [1.54, 1.807) is 10.9 Å². The average Bonchev–Trinajstić information content (AvgIpc) is 3.03. The van der Waals surface area contributed by atoms with Crippen molar-refractivity contribution in [3.8, 4) is 0 Å². The molecule has 0 fully saturated rings. The summed E-state index contributed by atoms with van der Waals surface area (Å²) in [5, 5.41) is 19.5. The number of ether oxygens (including phenoxy) is 1. The molecule has 0 spiro atoms. The highest BCUT2D eigenvalue weighted by Crippen LogP contribution is 2.10. The minimum absolute atomic E-state index is 0.00175. The van der Waals surface area contributed by atoms with Gasteiger partial charge in [-0.25, -0.2) is 4.79 Å². The molecule has 1 amide bonds. The molecule has 0 radical (unpaired) electrons. The Morgan fingerprint density at radius 2 is 2.12 bits per heavy atom. The lowest BCUT2D eigenvalue weighted by Crippen LogP contribution is -2.30. The van der Waals surface area contributed by atoms with E-state index in [9.17, 15) is 9.90 Å². The fourth-order valence-corrected chi connectivity index (χ4v) is 2.24. The molecule has 0 saturated heterocycles. The first-order chi connectivity index (χ1) is 11.7. The molecule has 1 atom stereocenters. The topological polar surface area (TPSA) is 88.4 Å². The van der Waals surface area contributed by atoms with Gasteiger partial charge in [-0.05, 0) is 18.5 Å². The van der Waals surface area contributed by atoms with Crippen LogP contribution in [0.5, 0.6) is 0 Å². The normalized spacial score (nSPS) is 11.9. The van der Waals surface area contributed by atoms with Crippen molar-refractivity contribution in [2.45, 2.75) is 19.1 Å². The zero-order valence-electron chi connectivity index (χ0n) is 13.8. The summed E-state index contributed by atoms with van der Waals surface area (Å²) in [5.74, 6) is 0. The number of hydrogen-bond acceptors (Lipinski definition) is 5. The molecule has 1 heterocycles. The van der Waals surface area contributed by atoms with Gasteiger partial charge in [0.05, 0.1) is 18.8 Å². The zero-order chi connectivity index (χ0) is 17.2. The van der Waals surface area contributed by atoms with Crippen molar-refractivity contribution in [1.82, 2.24) is 20.4 Å². The molecule has 7 heteroatoms. The second kappa shape index (κ2) is 9.69. The highest BCUT2D eigenvalue weighted by molar-refractivity contribution is 5.67. The predicted molar refractivity (Wildman–Crippen MR) is 90.3 cm³/mol. The Morgan fingerprint density at radius 1 is 1.33 bits per heavy atom. The molecule has 0 unspecified atom stereocenters. The molecule has 130 valence electrons. The number of benzene rings is 1. The number of aliphatic hydroxyl groups is 1. The Balaban J connectivity index is 1.58. The lowest BCUT2D eigenvalue weighted by molar-refractivity contribution is 0.139. The van der Waals surface area contributed by atoms with E-state index < -0.39 is 6.09 Å². The monoisotopic (exact) mass is 332 g/mol. The van der Waals surface area contributed by atoms with Gasteiger partial charge in [0.25, 0.3) is 0 Å². The average molecular weight is 332 g/mol. The number of alkyl carbamates (subject to hydrolysis) is 1. The Hall–Kier alpha value is -2.38. The van der Waals surface area contributed by atoms with E-state index in [0.29, 0.717) is 13.1 Å². The van der Waals surface area contributed by atoms with Crippen molar-refractivity contribution >= 4 is 6.09 Å². The minimum Gasteiger partial charge on any atom is -0.445 e. The maximum absolute atomic E-state index is 11.6. The highest BCUT2D eigenvalue weighted by Gasteiger charge is 2.11. The van der Waals surface area contributed by atoms with Gasteiger partial charge < -0.3 is 20.5 Å². The molecule has 2 aromatic rings. The van der Waals surface area contributed by atoms with E-state index >= 15 is 0 Å². The summed E-state index contributed by atoms with van der Waals surface area (Å²) in [6, 6.07) is 9.39. The number of nitrogens with zero attached hydrogens (tertiary/aromatic N) is 2. The number of carbonyl (C=O) groups is 1. The van der Waals surface area contributed by atoms with Crippen molar-refractivity contribution in [2.24, 2.45) is 7.05 Å². The molecular formula is C17H24N4O3. The van der Waals surface area contributed by atoms with E-state index in [4.69, 9.17) is 4.74 Å². The van der Waals surface area contributed by atoms with Crippen LogP contribution in [-0.4, -0.2) is 40.7 Å². The standard InChI is InChI=1S/C17H24N4O3/c1-21-11-15(10-20-21)16(12-22)18-8-5-9-19-17(23)24-13-14-6-3-2-4-7-14/h2-4,6-7,10-11,16,18,22H,5,8-9,12-13H2,1H3,(H,19,23)/t16-/m1/s1. The summed E-state index contributed by atoms with van der Waals surface area (Å²) in [4.78, 5) is 11.6. The Morgan fingerprint density at radius 3 is 2.79 bits per heavy atom. The van der Waals surface area contributed by atoms with Crippen molar-refractivity contribution < 1.29 is 14.6 Å². The lowest BCUT2D eigenvalue weighted by atomic mass is 10.2. The molecule has 24 heavy (non-hydrogen) atoms. The molecule has 7 nitrogen and oxygen atoms in total. The van der Waals surface area contributed by atoms with Crippen LogP contribution in [0.3, 0.4) is 0 Å². The molecule has 0 aliphatic rings. The Bertz CT molecular complexity index is 615. The van der Waals surface area contributed by atoms with Gasteiger partial charge in [-0.3, -0.25) is 4.68 Å². The smallest absolute Gasteiger partial charge is 0.407 e. The van der Waals surface area contributed by atoms with Crippen LogP contribution in [0.1, 0.15) is 23.6 Å². The molecule has 1 aromatic heterocycles. The second-order valence-corrected chi connectivity index (χ2v) is 5.48. The summed E-state index contributed by atoms with van der Waals surface area (Å²) in [7, 11) is 1.84. The first-order valence-corrected chi connectivity index (χ1v) is 7.96. The van der Waals surface area contributed by atoms with E-state index in [1.807, 2.05) is 43.6 Å². The van der Waals surface area contributed by atoms with Crippen molar-refractivity contribution in [3.05, 3.63) is 53.9 Å². The van der Waals surface area contributed by atoms with Crippen LogP contribution in [0.4, 0.5) is 4.79 Å². The number of aliphatic hydroxyl groups excluding tert-OH is 1. The molecule has 0 aliphatic carbocycles. The largest absolute Gasteiger partial charge is 0.445 e. The third kappa shape index (κ3) is 6.02. The summed E-state index contributed by atoms with van der Waals surface area (Å²) >= 11 is 0. The van der Waals surface area contributed by atoms with Gasteiger partial charge in [0.15, 0.2) is 0 Å². The first-order valence-electron chi connectivity index (χ1n) is 7.96. The Kier molecular flexibility index (Phi) is 7.25. The van der Waals surface area contributed by atoms with E-state index in [-0.39, 0.29) is 19.3 Å². The zero-order valence-corrected chi connectivity index (χ0v) is 13.8. The SMILES string of the molecule is Cn1cc([C@@H](CO)NCCCNC(=O)OCc2ccccc2)cn1. The van der Waals surface area contributed by atoms with Crippen molar-refractivity contribution in [2.75, 3.05) is 19.7 Å². The number of hydrogen-bond donors (Lipinski definition) is 3. The number of rotatable bonds is 9. The van der Waals surface area contributed by atoms with Gasteiger partial charge in [0.2, 0.25) is 0 Å². The molecule has 0 aliphatic heterocycles. The third-order valence-electron chi connectivity index (χ3n) is 3.54. The molecule has 1 aromatic carbocycles. The number of amides is 1. The molecule has 3 N–H and O–H groups in total. The van der Waals surface area contributed by atoms with E-state index in [2.05, 4.69) is 15.7 Å². The summed E-state index contributed by atoms with van der Waals surface area (Å²) in [6.45, 7) is 1.43. The number of aryl methyl sites for hydroxylation is 1. The van der Waals surface area contributed by atoms with Gasteiger partial charge in [0, 0.05) is 25.4 Å². The molecular weight excluding hydrogens is 308 g/mol. The summed E-state index contributed by atoms with van der Waals surface area (Å²) in [5.41, 5.74) is 1.90. The predicted octanol–water partition coefficient (Wildman–Crippen LogP) is 1.36. The van der Waals surface area contributed by atoms with Crippen LogP contribution < -0.4 is 10.6 Å². The number of carbonyl (C=O) groups excluding carboxylic acids is 1. The quantitative estimate of drug-likeness (QED) is 0.604. The van der Waals surface area contributed by atoms with Gasteiger partial charge >= 0.3 is 6.09 Å². The van der Waals surface area contributed by atoms with Crippen LogP contribution >= 0.6 is 0 Å². The van der Waals surface area contributed by atoms with Gasteiger partial charge in [-0.15, -0.1) is 0 Å². The van der Waals surface area contributed by atoms with Gasteiger partial charge in [-0.2, -0.15) is 5.10 Å².